The second kappa shape index (κ2) is 8.69. The Hall–Kier alpha value is -3.16. The van der Waals surface area contributed by atoms with Gasteiger partial charge in [-0.15, -0.1) is 0 Å². The van der Waals surface area contributed by atoms with Crippen LogP contribution >= 0.6 is 0 Å². The van der Waals surface area contributed by atoms with Crippen LogP contribution in [0.15, 0.2) is 71.6 Å². The number of ketones is 1. The van der Waals surface area contributed by atoms with Gasteiger partial charge in [-0.1, -0.05) is 44.2 Å². The maximum atomic E-state index is 12.6. The fraction of sp³-hybridized carbons (Fsp3) is 0.174. The monoisotopic (exact) mass is 426 g/mol. The van der Waals surface area contributed by atoms with Crippen molar-refractivity contribution < 1.29 is 27.6 Å². The number of hydrogen-bond acceptors (Lipinski definition) is 5. The molecule has 0 saturated heterocycles. The van der Waals surface area contributed by atoms with Crippen molar-refractivity contribution in [3.8, 4) is 11.5 Å². The van der Waals surface area contributed by atoms with E-state index in [-0.39, 0.29) is 23.7 Å². The number of hydrogen-bond donors (Lipinski definition) is 2. The highest BCUT2D eigenvalue weighted by atomic mass is 32.2. The Labute approximate surface area is 175 Å². The Morgan fingerprint density at radius 2 is 1.50 bits per heavy atom. The smallest absolute Gasteiger partial charge is 0.295 e. The second-order valence-electron chi connectivity index (χ2n) is 7.19. The summed E-state index contributed by atoms with van der Waals surface area (Å²) in [6, 6.07) is 17.6. The van der Waals surface area contributed by atoms with Crippen molar-refractivity contribution in [2.45, 2.75) is 31.3 Å². The molecule has 3 rings (SSSR count). The van der Waals surface area contributed by atoms with Crippen LogP contribution in [0.4, 0.5) is 0 Å². The van der Waals surface area contributed by atoms with Gasteiger partial charge in [0.25, 0.3) is 10.1 Å². The Kier molecular flexibility index (Phi) is 6.24. The number of carbonyl (C=O) groups is 1. The average molecular weight is 426 g/mol. The molecule has 0 aliphatic rings. The molecule has 0 heterocycles. The van der Waals surface area contributed by atoms with E-state index in [1.54, 1.807) is 24.3 Å². The number of aromatic hydroxyl groups is 1. The number of phenols is 1. The molecule has 0 aromatic heterocycles. The molecular weight excluding hydrogens is 404 g/mol. The molecule has 30 heavy (non-hydrogen) atoms. The lowest BCUT2D eigenvalue weighted by molar-refractivity contribution is 0.103. The molecule has 0 bridgehead atoms. The highest BCUT2D eigenvalue weighted by Crippen LogP contribution is 2.24. The summed E-state index contributed by atoms with van der Waals surface area (Å²) < 4.78 is 37.9. The topological polar surface area (TPSA) is 101 Å². The zero-order valence-corrected chi connectivity index (χ0v) is 17.4. The quantitative estimate of drug-likeness (QED) is 0.424. The Morgan fingerprint density at radius 3 is 2.03 bits per heavy atom. The SMILES string of the molecule is CC(C)c1ccc(C(=O)c2ccc(OCc3ccc(O)cc3S(=O)(=O)O)cc2)cc1. The molecule has 6 nitrogen and oxygen atoms in total. The molecule has 3 aromatic rings. The minimum absolute atomic E-state index is 0.107. The van der Waals surface area contributed by atoms with E-state index in [2.05, 4.69) is 13.8 Å². The second-order valence-corrected chi connectivity index (χ2v) is 8.58. The lowest BCUT2D eigenvalue weighted by atomic mass is 9.98. The summed E-state index contributed by atoms with van der Waals surface area (Å²) in [5, 5.41) is 9.46. The summed E-state index contributed by atoms with van der Waals surface area (Å²) in [4.78, 5) is 12.2. The molecule has 7 heteroatoms. The molecule has 0 aliphatic heterocycles. The number of phenolic OH excluding ortho intramolecular Hbond substituents is 1. The first kappa shape index (κ1) is 21.5. The van der Waals surface area contributed by atoms with Crippen LogP contribution in [0.3, 0.4) is 0 Å². The molecule has 0 atom stereocenters. The van der Waals surface area contributed by atoms with Crippen molar-refractivity contribution in [1.82, 2.24) is 0 Å². The Morgan fingerprint density at radius 1 is 0.933 bits per heavy atom. The van der Waals surface area contributed by atoms with Crippen molar-refractivity contribution in [1.29, 1.82) is 0 Å². The van der Waals surface area contributed by atoms with E-state index in [0.717, 1.165) is 11.6 Å². The highest BCUT2D eigenvalue weighted by Gasteiger charge is 2.17. The summed E-state index contributed by atoms with van der Waals surface area (Å²) in [5.41, 5.74) is 2.45. The van der Waals surface area contributed by atoms with Crippen molar-refractivity contribution >= 4 is 15.9 Å². The van der Waals surface area contributed by atoms with Crippen molar-refractivity contribution in [2.24, 2.45) is 0 Å². The predicted molar refractivity (Wildman–Crippen MR) is 113 cm³/mol. The molecule has 0 amide bonds. The number of rotatable bonds is 7. The van der Waals surface area contributed by atoms with Crippen molar-refractivity contribution in [3.05, 3.63) is 89.0 Å². The lowest BCUT2D eigenvalue weighted by Crippen LogP contribution is -2.06. The maximum absolute atomic E-state index is 12.6. The molecule has 3 aromatic carbocycles. The van der Waals surface area contributed by atoms with E-state index in [4.69, 9.17) is 4.74 Å². The third-order valence-corrected chi connectivity index (χ3v) is 5.61. The van der Waals surface area contributed by atoms with Gasteiger partial charge in [-0.05, 0) is 41.8 Å². The molecule has 0 fully saturated rings. The molecule has 0 unspecified atom stereocenters. The van der Waals surface area contributed by atoms with Gasteiger partial charge in [0.15, 0.2) is 5.78 Å². The van der Waals surface area contributed by atoms with E-state index in [1.165, 1.54) is 12.1 Å². The number of benzene rings is 3. The van der Waals surface area contributed by atoms with Crippen LogP contribution in [0, 0.1) is 0 Å². The van der Waals surface area contributed by atoms with Gasteiger partial charge in [0, 0.05) is 22.8 Å². The fourth-order valence-corrected chi connectivity index (χ4v) is 3.68. The van der Waals surface area contributed by atoms with Crippen molar-refractivity contribution in [3.63, 3.8) is 0 Å². The van der Waals surface area contributed by atoms with E-state index in [0.29, 0.717) is 22.8 Å². The number of ether oxygens (including phenoxy) is 1. The van der Waals surface area contributed by atoms with E-state index >= 15 is 0 Å². The molecule has 2 N–H and O–H groups in total. The number of carbonyl (C=O) groups excluding carboxylic acids is 1. The van der Waals surface area contributed by atoms with Gasteiger partial charge >= 0.3 is 0 Å². The van der Waals surface area contributed by atoms with Crippen LogP contribution in [0.25, 0.3) is 0 Å². The van der Waals surface area contributed by atoms with Crippen LogP contribution in [0.2, 0.25) is 0 Å². The van der Waals surface area contributed by atoms with Gasteiger partial charge in [0.05, 0.1) is 0 Å². The van der Waals surface area contributed by atoms with Gasteiger partial charge in [-0.25, -0.2) is 0 Å². The van der Waals surface area contributed by atoms with Gasteiger partial charge in [0.2, 0.25) is 0 Å². The standard InChI is InChI=1S/C23H22O6S/c1-15(2)16-3-5-17(6-4-16)23(25)18-8-11-21(12-9-18)29-14-19-7-10-20(24)13-22(19)30(26,27)28/h3-13,15,24H,14H2,1-2H3,(H,26,27,28). The molecule has 0 aliphatic carbocycles. The van der Waals surface area contributed by atoms with Crippen LogP contribution in [0.5, 0.6) is 11.5 Å². The lowest BCUT2D eigenvalue weighted by Gasteiger charge is -2.11. The summed E-state index contributed by atoms with van der Waals surface area (Å²) in [6.45, 7) is 4.04. The summed E-state index contributed by atoms with van der Waals surface area (Å²) in [7, 11) is -4.50. The zero-order chi connectivity index (χ0) is 21.9. The summed E-state index contributed by atoms with van der Waals surface area (Å²) >= 11 is 0. The first-order chi connectivity index (χ1) is 14.1. The van der Waals surface area contributed by atoms with Crippen molar-refractivity contribution in [2.75, 3.05) is 0 Å². The van der Waals surface area contributed by atoms with Gasteiger partial charge in [-0.2, -0.15) is 8.42 Å². The van der Waals surface area contributed by atoms with Crippen LogP contribution in [-0.2, 0) is 16.7 Å². The zero-order valence-electron chi connectivity index (χ0n) is 16.6. The first-order valence-corrected chi connectivity index (χ1v) is 10.8. The van der Waals surface area contributed by atoms with Crippen LogP contribution < -0.4 is 4.74 Å². The van der Waals surface area contributed by atoms with Gasteiger partial charge in [-0.3, -0.25) is 9.35 Å². The highest BCUT2D eigenvalue weighted by molar-refractivity contribution is 7.85. The molecule has 0 spiro atoms. The summed E-state index contributed by atoms with van der Waals surface area (Å²) in [5.74, 6) is 0.427. The molecular formula is C23H22O6S. The van der Waals surface area contributed by atoms with E-state index in [9.17, 15) is 22.9 Å². The average Bonchev–Trinajstić information content (AvgIpc) is 2.72. The predicted octanol–water partition coefficient (Wildman–Crippen LogP) is 4.57. The van der Waals surface area contributed by atoms with E-state index in [1.807, 2.05) is 24.3 Å². The maximum Gasteiger partial charge on any atom is 0.295 e. The Bertz CT molecular complexity index is 1150. The van der Waals surface area contributed by atoms with Crippen LogP contribution in [0.1, 0.15) is 46.8 Å². The summed E-state index contributed by atoms with van der Waals surface area (Å²) in [6.07, 6.45) is 0. The minimum Gasteiger partial charge on any atom is -0.508 e. The molecule has 0 saturated carbocycles. The van der Waals surface area contributed by atoms with Gasteiger partial charge in [0.1, 0.15) is 23.0 Å². The first-order valence-electron chi connectivity index (χ1n) is 9.32. The van der Waals surface area contributed by atoms with Crippen LogP contribution in [-0.4, -0.2) is 23.9 Å². The molecule has 156 valence electrons. The normalized spacial score (nSPS) is 11.5. The Balaban J connectivity index is 1.72. The van der Waals surface area contributed by atoms with Gasteiger partial charge < -0.3 is 9.84 Å². The minimum atomic E-state index is -4.50. The molecule has 0 radical (unpaired) electrons. The fourth-order valence-electron chi connectivity index (χ4n) is 2.95. The van der Waals surface area contributed by atoms with E-state index < -0.39 is 15.0 Å². The third-order valence-electron chi connectivity index (χ3n) is 4.68. The largest absolute Gasteiger partial charge is 0.508 e. The third kappa shape index (κ3) is 5.06.